The highest BCUT2D eigenvalue weighted by molar-refractivity contribution is 5.94. The van der Waals surface area contributed by atoms with Crippen molar-refractivity contribution in [3.8, 4) is 0 Å². The number of rotatable bonds is 9. The fourth-order valence-electron chi connectivity index (χ4n) is 8.28. The molecular formula is C39H53NO9. The number of carbonyl (C=O) groups is 3. The first-order valence-corrected chi connectivity index (χ1v) is 17.9. The molecule has 6 rings (SSSR count). The zero-order valence-corrected chi connectivity index (χ0v) is 29.8. The van der Waals surface area contributed by atoms with Crippen LogP contribution in [0.5, 0.6) is 0 Å². The Balaban J connectivity index is 1.11. The van der Waals surface area contributed by atoms with Gasteiger partial charge in [0.15, 0.2) is 0 Å². The van der Waals surface area contributed by atoms with E-state index in [-0.39, 0.29) is 38.3 Å². The van der Waals surface area contributed by atoms with Crippen LogP contribution in [-0.4, -0.2) is 78.0 Å². The van der Waals surface area contributed by atoms with Gasteiger partial charge >= 0.3 is 11.9 Å². The Kier molecular flexibility index (Phi) is 10.2. The molecule has 1 aromatic carbocycles. The lowest BCUT2D eigenvalue weighted by Crippen LogP contribution is -2.45. The smallest absolute Gasteiger partial charge is 0.338 e. The molecule has 1 amide bonds. The maximum atomic E-state index is 13.6. The van der Waals surface area contributed by atoms with Crippen molar-refractivity contribution in [1.82, 2.24) is 5.32 Å². The number of amides is 1. The molecule has 49 heavy (non-hydrogen) atoms. The van der Waals surface area contributed by atoms with Crippen LogP contribution >= 0.6 is 0 Å². The van der Waals surface area contributed by atoms with Crippen LogP contribution in [0.1, 0.15) is 109 Å². The fraction of sp³-hybridized carbons (Fsp3) is 0.667. The molecule has 10 heteroatoms. The molecule has 268 valence electrons. The Morgan fingerprint density at radius 1 is 1.14 bits per heavy atom. The quantitative estimate of drug-likeness (QED) is 0.251. The molecule has 1 aromatic rings. The molecule has 2 saturated carbocycles. The summed E-state index contributed by atoms with van der Waals surface area (Å²) >= 11 is 0. The molecule has 4 fully saturated rings. The van der Waals surface area contributed by atoms with Crippen LogP contribution < -0.4 is 5.32 Å². The summed E-state index contributed by atoms with van der Waals surface area (Å²) in [6.45, 7) is 12.1. The third-order valence-electron chi connectivity index (χ3n) is 11.1. The van der Waals surface area contributed by atoms with E-state index in [0.717, 1.165) is 24.8 Å². The summed E-state index contributed by atoms with van der Waals surface area (Å²) in [4.78, 5) is 39.1. The van der Waals surface area contributed by atoms with Gasteiger partial charge in [0, 0.05) is 18.4 Å². The highest BCUT2D eigenvalue weighted by Gasteiger charge is 2.56. The molecule has 2 N–H and O–H groups in total. The van der Waals surface area contributed by atoms with Gasteiger partial charge in [0.25, 0.3) is 0 Å². The normalized spacial score (nSPS) is 33.2. The summed E-state index contributed by atoms with van der Waals surface area (Å²) in [5.41, 5.74) is 2.93. The second-order valence-corrected chi connectivity index (χ2v) is 16.4. The first kappa shape index (κ1) is 35.8. The molecule has 2 aliphatic heterocycles. The number of epoxide rings is 1. The van der Waals surface area contributed by atoms with Gasteiger partial charge in [0.05, 0.1) is 29.9 Å². The minimum Gasteiger partial charge on any atom is -0.460 e. The van der Waals surface area contributed by atoms with Gasteiger partial charge < -0.3 is 34.1 Å². The fourth-order valence-corrected chi connectivity index (χ4v) is 8.28. The monoisotopic (exact) mass is 679 g/mol. The van der Waals surface area contributed by atoms with Crippen molar-refractivity contribution in [2.45, 2.75) is 135 Å². The van der Waals surface area contributed by atoms with Crippen LogP contribution in [0.2, 0.25) is 0 Å². The summed E-state index contributed by atoms with van der Waals surface area (Å²) < 4.78 is 29.0. The predicted octanol–water partition coefficient (Wildman–Crippen LogP) is 5.66. The van der Waals surface area contributed by atoms with E-state index in [4.69, 9.17) is 23.7 Å². The number of nitrogens with one attached hydrogen (secondary N) is 1. The van der Waals surface area contributed by atoms with Gasteiger partial charge in [-0.1, -0.05) is 37.6 Å². The van der Waals surface area contributed by atoms with Gasteiger partial charge in [0.2, 0.25) is 5.91 Å². The molecule has 8 unspecified atom stereocenters. The third-order valence-corrected chi connectivity index (χ3v) is 11.1. The number of esters is 2. The summed E-state index contributed by atoms with van der Waals surface area (Å²) in [5, 5.41) is 12.7. The number of aliphatic hydroxyl groups excluding tert-OH is 1. The SMILES string of the molecule is CC(C)(C)OC(=O)CCC(CO)NC(=O)C1=CC2OCOC2C(OC(=O)c2cccc(C=C3CCC4OC4(C)CCC4C3CC4(C)C)c2)C1. The summed E-state index contributed by atoms with van der Waals surface area (Å²) in [5.74, 6) is -0.149. The minimum atomic E-state index is -0.748. The number of fused-ring (bicyclic) bond motifs is 3. The standard InChI is InChI=1S/C39H53NO9/c1-37(2,3)49-33(42)13-11-27(21-41)40-35(43)26-18-30-34(46-22-45-30)31(19-26)47-36(44)25-9-7-8-23(17-25)16-24-10-12-32-39(6,48-32)15-14-29-28(24)20-38(29,4)5/h7-9,16-18,27-32,34,41H,10-15,19-22H2,1-6H3,(H,40,43). The molecule has 0 radical (unpaired) electrons. The van der Waals surface area contributed by atoms with Crippen LogP contribution in [0.25, 0.3) is 6.08 Å². The summed E-state index contributed by atoms with van der Waals surface area (Å²) in [6.07, 6.45) is 8.29. The first-order chi connectivity index (χ1) is 23.1. The number of allylic oxidation sites excluding steroid dienone is 1. The first-order valence-electron chi connectivity index (χ1n) is 17.9. The van der Waals surface area contributed by atoms with E-state index in [2.05, 4.69) is 32.2 Å². The van der Waals surface area contributed by atoms with Crippen LogP contribution in [-0.2, 0) is 33.3 Å². The average molecular weight is 680 g/mol. The van der Waals surface area contributed by atoms with Crippen molar-refractivity contribution in [2.24, 2.45) is 17.3 Å². The van der Waals surface area contributed by atoms with Gasteiger partial charge in [-0.15, -0.1) is 0 Å². The largest absolute Gasteiger partial charge is 0.460 e. The number of aliphatic hydroxyl groups is 1. The van der Waals surface area contributed by atoms with Gasteiger partial charge in [-0.3, -0.25) is 9.59 Å². The number of benzene rings is 1. The molecule has 3 aliphatic carbocycles. The molecule has 2 heterocycles. The Morgan fingerprint density at radius 2 is 1.94 bits per heavy atom. The molecule has 0 bridgehead atoms. The van der Waals surface area contributed by atoms with E-state index in [1.165, 1.54) is 18.4 Å². The van der Waals surface area contributed by atoms with Crippen molar-refractivity contribution < 1.29 is 43.2 Å². The Bertz CT molecular complexity index is 1490. The molecule has 5 aliphatic rings. The number of ether oxygens (including phenoxy) is 5. The van der Waals surface area contributed by atoms with E-state index < -0.39 is 47.8 Å². The maximum Gasteiger partial charge on any atom is 0.338 e. The zero-order valence-electron chi connectivity index (χ0n) is 29.8. The van der Waals surface area contributed by atoms with Crippen molar-refractivity contribution in [3.05, 3.63) is 52.6 Å². The average Bonchev–Trinajstić information content (AvgIpc) is 3.41. The molecule has 8 atom stereocenters. The third kappa shape index (κ3) is 8.30. The van der Waals surface area contributed by atoms with E-state index in [1.807, 2.05) is 18.2 Å². The van der Waals surface area contributed by atoms with E-state index in [0.29, 0.717) is 34.5 Å². The summed E-state index contributed by atoms with van der Waals surface area (Å²) in [6, 6.07) is 6.89. The van der Waals surface area contributed by atoms with E-state index >= 15 is 0 Å². The number of hydrogen-bond donors (Lipinski definition) is 2. The van der Waals surface area contributed by atoms with E-state index in [1.54, 1.807) is 32.9 Å². The highest BCUT2D eigenvalue weighted by atomic mass is 16.7. The second-order valence-electron chi connectivity index (χ2n) is 16.4. The predicted molar refractivity (Wildman–Crippen MR) is 182 cm³/mol. The Hall–Kier alpha value is -3.05. The lowest BCUT2D eigenvalue weighted by Gasteiger charge is -2.53. The van der Waals surface area contributed by atoms with Crippen molar-refractivity contribution in [3.63, 3.8) is 0 Å². The summed E-state index contributed by atoms with van der Waals surface area (Å²) in [7, 11) is 0. The van der Waals surface area contributed by atoms with Crippen molar-refractivity contribution in [1.29, 1.82) is 0 Å². The van der Waals surface area contributed by atoms with Crippen LogP contribution in [0.3, 0.4) is 0 Å². The van der Waals surface area contributed by atoms with Crippen molar-refractivity contribution >= 4 is 23.9 Å². The van der Waals surface area contributed by atoms with Crippen LogP contribution in [0, 0.1) is 17.3 Å². The van der Waals surface area contributed by atoms with Gasteiger partial charge in [0.1, 0.15) is 30.7 Å². The lowest BCUT2D eigenvalue weighted by atomic mass is 9.52. The minimum absolute atomic E-state index is 0.0248. The van der Waals surface area contributed by atoms with Gasteiger partial charge in [-0.05, 0) is 107 Å². The number of hydrogen-bond acceptors (Lipinski definition) is 9. The second kappa shape index (κ2) is 13.9. The molecular weight excluding hydrogens is 626 g/mol. The Labute approximate surface area is 289 Å². The van der Waals surface area contributed by atoms with E-state index in [9.17, 15) is 19.5 Å². The zero-order chi connectivity index (χ0) is 35.1. The molecule has 0 spiro atoms. The van der Waals surface area contributed by atoms with Crippen LogP contribution in [0.15, 0.2) is 41.5 Å². The molecule has 0 aromatic heterocycles. The highest BCUT2D eigenvalue weighted by Crippen LogP contribution is 2.59. The van der Waals surface area contributed by atoms with Gasteiger partial charge in [-0.2, -0.15) is 0 Å². The van der Waals surface area contributed by atoms with Gasteiger partial charge in [-0.25, -0.2) is 4.79 Å². The molecule has 10 nitrogen and oxygen atoms in total. The topological polar surface area (TPSA) is 133 Å². The molecule has 2 saturated heterocycles. The maximum absolute atomic E-state index is 13.6. The number of carbonyl (C=O) groups excluding carboxylic acids is 3. The Morgan fingerprint density at radius 3 is 2.67 bits per heavy atom. The lowest BCUT2D eigenvalue weighted by molar-refractivity contribution is -0.155. The van der Waals surface area contributed by atoms with Crippen LogP contribution in [0.4, 0.5) is 0 Å². The van der Waals surface area contributed by atoms with Crippen molar-refractivity contribution in [2.75, 3.05) is 13.4 Å².